The van der Waals surface area contributed by atoms with Crippen LogP contribution in [0.15, 0.2) is 36.7 Å². The van der Waals surface area contributed by atoms with Crippen molar-refractivity contribution >= 4 is 28.7 Å². The van der Waals surface area contributed by atoms with Crippen molar-refractivity contribution < 1.29 is 0 Å². The molecule has 0 saturated carbocycles. The topological polar surface area (TPSA) is 50.9 Å². The summed E-state index contributed by atoms with van der Waals surface area (Å²) in [6.07, 6.45) is 3.31. The Bertz CT molecular complexity index is 511. The lowest BCUT2D eigenvalue weighted by atomic mass is 10.2. The van der Waals surface area contributed by atoms with Gasteiger partial charge in [-0.1, -0.05) is 17.7 Å². The number of pyridine rings is 1. The third-order valence-electron chi connectivity index (χ3n) is 2.32. The van der Waals surface area contributed by atoms with E-state index in [2.05, 4.69) is 10.3 Å². The summed E-state index contributed by atoms with van der Waals surface area (Å²) >= 11 is 5.94. The summed E-state index contributed by atoms with van der Waals surface area (Å²) in [5, 5.41) is 3.93. The van der Waals surface area contributed by atoms with Crippen molar-refractivity contribution in [3.63, 3.8) is 0 Å². The fourth-order valence-electron chi connectivity index (χ4n) is 1.39. The molecule has 1 aromatic carbocycles. The van der Waals surface area contributed by atoms with E-state index in [1.807, 2.05) is 31.2 Å². The molecular weight excluding hydrogens is 222 g/mol. The van der Waals surface area contributed by atoms with E-state index in [1.54, 1.807) is 12.4 Å². The number of hydrogen-bond acceptors (Lipinski definition) is 3. The summed E-state index contributed by atoms with van der Waals surface area (Å²) in [5.41, 5.74) is 9.31. The predicted octanol–water partition coefficient (Wildman–Crippen LogP) is 3.37. The lowest BCUT2D eigenvalue weighted by Crippen LogP contribution is -1.98. The first-order valence-corrected chi connectivity index (χ1v) is 5.27. The summed E-state index contributed by atoms with van der Waals surface area (Å²) in [6, 6.07) is 7.52. The smallest absolute Gasteiger partial charge is 0.0739 e. The van der Waals surface area contributed by atoms with E-state index in [0.717, 1.165) is 16.9 Å². The number of aromatic nitrogens is 1. The SMILES string of the molecule is Cc1ccc(Cl)cc1Nc1ccncc1N. The minimum absolute atomic E-state index is 0.613. The molecule has 3 N–H and O–H groups in total. The van der Waals surface area contributed by atoms with Crippen LogP contribution in [0, 0.1) is 6.92 Å². The molecule has 0 unspecified atom stereocenters. The molecule has 0 fully saturated rings. The average molecular weight is 234 g/mol. The highest BCUT2D eigenvalue weighted by atomic mass is 35.5. The van der Waals surface area contributed by atoms with E-state index in [9.17, 15) is 0 Å². The Labute approximate surface area is 99.3 Å². The van der Waals surface area contributed by atoms with Crippen molar-refractivity contribution in [2.24, 2.45) is 0 Å². The van der Waals surface area contributed by atoms with Crippen molar-refractivity contribution in [3.8, 4) is 0 Å². The van der Waals surface area contributed by atoms with Crippen molar-refractivity contribution in [1.29, 1.82) is 0 Å². The minimum Gasteiger partial charge on any atom is -0.396 e. The maximum atomic E-state index is 5.94. The number of nitrogens with two attached hydrogens (primary N) is 1. The molecule has 3 nitrogen and oxygen atoms in total. The van der Waals surface area contributed by atoms with Crippen molar-refractivity contribution in [2.45, 2.75) is 6.92 Å². The Morgan fingerprint density at radius 1 is 1.25 bits per heavy atom. The van der Waals surface area contributed by atoms with Crippen molar-refractivity contribution in [2.75, 3.05) is 11.1 Å². The Balaban J connectivity index is 2.34. The van der Waals surface area contributed by atoms with E-state index in [1.165, 1.54) is 0 Å². The quantitative estimate of drug-likeness (QED) is 0.836. The standard InChI is InChI=1S/C12H12ClN3/c1-8-2-3-9(13)6-12(8)16-11-4-5-15-7-10(11)14/h2-7H,14H2,1H3,(H,15,16). The lowest BCUT2D eigenvalue weighted by molar-refractivity contribution is 1.32. The molecule has 0 aliphatic heterocycles. The van der Waals surface area contributed by atoms with Crippen LogP contribution in [0.25, 0.3) is 0 Å². The van der Waals surface area contributed by atoms with Crippen LogP contribution in [0.5, 0.6) is 0 Å². The van der Waals surface area contributed by atoms with Crippen LogP contribution >= 0.6 is 11.6 Å². The van der Waals surface area contributed by atoms with E-state index in [0.29, 0.717) is 10.7 Å². The molecule has 2 aromatic rings. The fraction of sp³-hybridized carbons (Fsp3) is 0.0833. The number of nitrogens with one attached hydrogen (secondary N) is 1. The number of rotatable bonds is 2. The Kier molecular flexibility index (Phi) is 2.97. The number of aryl methyl sites for hydroxylation is 1. The van der Waals surface area contributed by atoms with Crippen LogP contribution in [0.1, 0.15) is 5.56 Å². The molecule has 4 heteroatoms. The second-order valence-corrected chi connectivity index (χ2v) is 3.98. The molecule has 0 spiro atoms. The molecule has 1 aromatic heterocycles. The number of benzene rings is 1. The highest BCUT2D eigenvalue weighted by Gasteiger charge is 2.02. The van der Waals surface area contributed by atoms with Crippen LogP contribution < -0.4 is 11.1 Å². The Morgan fingerprint density at radius 2 is 2.06 bits per heavy atom. The Hall–Kier alpha value is -1.74. The van der Waals surface area contributed by atoms with Gasteiger partial charge in [-0.3, -0.25) is 4.98 Å². The van der Waals surface area contributed by atoms with Gasteiger partial charge in [0, 0.05) is 16.9 Å². The van der Waals surface area contributed by atoms with Gasteiger partial charge in [-0.05, 0) is 30.7 Å². The van der Waals surface area contributed by atoms with Crippen molar-refractivity contribution in [3.05, 3.63) is 47.2 Å². The van der Waals surface area contributed by atoms with Crippen LogP contribution in [0.3, 0.4) is 0 Å². The zero-order chi connectivity index (χ0) is 11.5. The molecule has 0 bridgehead atoms. The number of hydrogen-bond donors (Lipinski definition) is 2. The number of nitrogen functional groups attached to an aromatic ring is 1. The fourth-order valence-corrected chi connectivity index (χ4v) is 1.57. The molecule has 0 saturated heterocycles. The number of anilines is 3. The summed E-state index contributed by atoms with van der Waals surface area (Å²) in [7, 11) is 0. The van der Waals surface area contributed by atoms with Gasteiger partial charge in [-0.25, -0.2) is 0 Å². The average Bonchev–Trinajstić information content (AvgIpc) is 2.27. The first-order chi connectivity index (χ1) is 7.66. The summed E-state index contributed by atoms with van der Waals surface area (Å²) in [5.74, 6) is 0. The highest BCUT2D eigenvalue weighted by Crippen LogP contribution is 2.26. The van der Waals surface area contributed by atoms with Crippen LogP contribution in [0.2, 0.25) is 5.02 Å². The van der Waals surface area contributed by atoms with E-state index >= 15 is 0 Å². The zero-order valence-electron chi connectivity index (χ0n) is 8.87. The third kappa shape index (κ3) is 2.25. The normalized spacial score (nSPS) is 10.1. The van der Waals surface area contributed by atoms with Gasteiger partial charge in [0.25, 0.3) is 0 Å². The van der Waals surface area contributed by atoms with Crippen LogP contribution in [-0.2, 0) is 0 Å². The van der Waals surface area contributed by atoms with E-state index in [-0.39, 0.29) is 0 Å². The maximum Gasteiger partial charge on any atom is 0.0739 e. The summed E-state index contributed by atoms with van der Waals surface area (Å²) < 4.78 is 0. The van der Waals surface area contributed by atoms with Gasteiger partial charge in [0.05, 0.1) is 17.6 Å². The molecule has 0 aliphatic rings. The largest absolute Gasteiger partial charge is 0.396 e. The second-order valence-electron chi connectivity index (χ2n) is 3.55. The number of halogens is 1. The molecule has 2 rings (SSSR count). The van der Waals surface area contributed by atoms with Gasteiger partial charge in [0.15, 0.2) is 0 Å². The first kappa shape index (κ1) is 10.8. The molecule has 0 radical (unpaired) electrons. The van der Waals surface area contributed by atoms with Gasteiger partial charge in [0.2, 0.25) is 0 Å². The molecule has 0 aliphatic carbocycles. The number of nitrogens with zero attached hydrogens (tertiary/aromatic N) is 1. The summed E-state index contributed by atoms with van der Waals surface area (Å²) in [6.45, 7) is 2.01. The minimum atomic E-state index is 0.613. The molecule has 16 heavy (non-hydrogen) atoms. The van der Waals surface area contributed by atoms with E-state index < -0.39 is 0 Å². The van der Waals surface area contributed by atoms with Gasteiger partial charge in [0.1, 0.15) is 0 Å². The Morgan fingerprint density at radius 3 is 2.81 bits per heavy atom. The summed E-state index contributed by atoms with van der Waals surface area (Å²) in [4.78, 5) is 3.94. The lowest BCUT2D eigenvalue weighted by Gasteiger charge is -2.11. The molecular formula is C12H12ClN3. The first-order valence-electron chi connectivity index (χ1n) is 4.89. The highest BCUT2D eigenvalue weighted by molar-refractivity contribution is 6.30. The monoisotopic (exact) mass is 233 g/mol. The molecule has 0 atom stereocenters. The van der Waals surface area contributed by atoms with E-state index in [4.69, 9.17) is 17.3 Å². The van der Waals surface area contributed by atoms with Gasteiger partial charge in [-0.15, -0.1) is 0 Å². The molecule has 1 heterocycles. The van der Waals surface area contributed by atoms with Gasteiger partial charge >= 0.3 is 0 Å². The maximum absolute atomic E-state index is 5.94. The molecule has 82 valence electrons. The third-order valence-corrected chi connectivity index (χ3v) is 2.56. The van der Waals surface area contributed by atoms with Crippen molar-refractivity contribution in [1.82, 2.24) is 4.98 Å². The van der Waals surface area contributed by atoms with Crippen LogP contribution in [0.4, 0.5) is 17.1 Å². The van der Waals surface area contributed by atoms with Crippen LogP contribution in [-0.4, -0.2) is 4.98 Å². The predicted molar refractivity (Wildman–Crippen MR) is 68.1 cm³/mol. The molecule has 0 amide bonds. The second kappa shape index (κ2) is 4.41. The zero-order valence-corrected chi connectivity index (χ0v) is 9.62. The van der Waals surface area contributed by atoms with Gasteiger partial charge < -0.3 is 11.1 Å². The van der Waals surface area contributed by atoms with Gasteiger partial charge in [-0.2, -0.15) is 0 Å².